The van der Waals surface area contributed by atoms with Crippen LogP contribution in [0.2, 0.25) is 0 Å². The average molecular weight is 403 g/mol. The van der Waals surface area contributed by atoms with Gasteiger partial charge in [-0.3, -0.25) is 4.79 Å². The molecule has 1 aromatic carbocycles. The number of carbonyl (C=O) groups is 1. The number of piperidine rings is 1. The quantitative estimate of drug-likeness (QED) is 0.610. The van der Waals surface area contributed by atoms with Crippen molar-refractivity contribution in [2.45, 2.75) is 46.5 Å². The van der Waals surface area contributed by atoms with Crippen LogP contribution in [0.25, 0.3) is 11.0 Å². The smallest absolute Gasteiger partial charge is 0.257 e. The first-order valence-corrected chi connectivity index (χ1v) is 10.8. The van der Waals surface area contributed by atoms with Gasteiger partial charge in [-0.1, -0.05) is 32.9 Å². The van der Waals surface area contributed by atoms with Crippen LogP contribution in [0.4, 0.5) is 11.4 Å². The van der Waals surface area contributed by atoms with Gasteiger partial charge in [-0.25, -0.2) is 9.97 Å². The van der Waals surface area contributed by atoms with E-state index in [9.17, 15) is 4.79 Å². The fourth-order valence-corrected chi connectivity index (χ4v) is 4.11. The van der Waals surface area contributed by atoms with Gasteiger partial charge in [0, 0.05) is 36.1 Å². The largest absolute Gasteiger partial charge is 0.354 e. The van der Waals surface area contributed by atoms with Crippen molar-refractivity contribution in [3.8, 4) is 0 Å². The number of rotatable bonds is 4. The van der Waals surface area contributed by atoms with E-state index in [0.29, 0.717) is 23.0 Å². The molecule has 1 aliphatic heterocycles. The van der Waals surface area contributed by atoms with Gasteiger partial charge in [0.25, 0.3) is 5.91 Å². The molecule has 5 nitrogen and oxygen atoms in total. The van der Waals surface area contributed by atoms with E-state index in [-0.39, 0.29) is 5.91 Å². The lowest BCUT2D eigenvalue weighted by Gasteiger charge is -2.31. The van der Waals surface area contributed by atoms with Crippen molar-refractivity contribution in [2.24, 2.45) is 5.92 Å². The molecule has 3 aromatic rings. The maximum atomic E-state index is 13.4. The molecule has 2 aromatic heterocycles. The molecule has 4 rings (SSSR count). The van der Waals surface area contributed by atoms with E-state index < -0.39 is 0 Å². The molecule has 5 heteroatoms. The summed E-state index contributed by atoms with van der Waals surface area (Å²) in [5.74, 6) is 1.05. The summed E-state index contributed by atoms with van der Waals surface area (Å²) in [6.07, 6.45) is 3.91. The van der Waals surface area contributed by atoms with Gasteiger partial charge in [0.2, 0.25) is 0 Å². The Labute approximate surface area is 178 Å². The van der Waals surface area contributed by atoms with Crippen molar-refractivity contribution < 1.29 is 4.79 Å². The SMILES string of the molecule is Cc1ccc2c(Nc3ccc(C(C)C)cc3)c(C(=O)N3CCCC(C)C3)cnc2n1. The van der Waals surface area contributed by atoms with Crippen LogP contribution >= 0.6 is 0 Å². The Morgan fingerprint density at radius 2 is 1.93 bits per heavy atom. The molecule has 0 saturated carbocycles. The van der Waals surface area contributed by atoms with Crippen LogP contribution in [0.5, 0.6) is 0 Å². The Morgan fingerprint density at radius 1 is 1.17 bits per heavy atom. The molecule has 0 spiro atoms. The van der Waals surface area contributed by atoms with Crippen LogP contribution in [0.3, 0.4) is 0 Å². The number of hydrogen-bond acceptors (Lipinski definition) is 4. The molecule has 1 aliphatic rings. The molecule has 156 valence electrons. The minimum Gasteiger partial charge on any atom is -0.354 e. The second kappa shape index (κ2) is 8.42. The number of aryl methyl sites for hydroxylation is 1. The van der Waals surface area contributed by atoms with Gasteiger partial charge in [-0.05, 0) is 61.4 Å². The molecule has 1 saturated heterocycles. The Balaban J connectivity index is 1.76. The van der Waals surface area contributed by atoms with Crippen molar-refractivity contribution in [2.75, 3.05) is 18.4 Å². The summed E-state index contributed by atoms with van der Waals surface area (Å²) in [7, 11) is 0. The van der Waals surface area contributed by atoms with Crippen molar-refractivity contribution in [1.82, 2.24) is 14.9 Å². The van der Waals surface area contributed by atoms with Gasteiger partial charge < -0.3 is 10.2 Å². The highest BCUT2D eigenvalue weighted by Gasteiger charge is 2.25. The van der Waals surface area contributed by atoms with E-state index in [2.05, 4.69) is 60.3 Å². The summed E-state index contributed by atoms with van der Waals surface area (Å²) < 4.78 is 0. The summed E-state index contributed by atoms with van der Waals surface area (Å²) >= 11 is 0. The molecule has 1 atom stereocenters. The average Bonchev–Trinajstić information content (AvgIpc) is 2.73. The van der Waals surface area contributed by atoms with E-state index in [4.69, 9.17) is 0 Å². The number of aromatic nitrogens is 2. The van der Waals surface area contributed by atoms with Gasteiger partial charge in [-0.2, -0.15) is 0 Å². The number of likely N-dealkylation sites (tertiary alicyclic amines) is 1. The molecule has 1 fully saturated rings. The topological polar surface area (TPSA) is 58.1 Å². The number of nitrogens with one attached hydrogen (secondary N) is 1. The summed E-state index contributed by atoms with van der Waals surface area (Å²) in [6, 6.07) is 12.4. The number of hydrogen-bond donors (Lipinski definition) is 1. The number of nitrogens with zero attached hydrogens (tertiary/aromatic N) is 3. The first-order valence-electron chi connectivity index (χ1n) is 10.8. The van der Waals surface area contributed by atoms with E-state index in [1.165, 1.54) is 12.0 Å². The molecular weight excluding hydrogens is 372 g/mol. The van der Waals surface area contributed by atoms with Crippen LogP contribution in [0.15, 0.2) is 42.6 Å². The number of benzene rings is 1. The first kappa shape index (κ1) is 20.3. The highest BCUT2D eigenvalue weighted by Crippen LogP contribution is 2.31. The van der Waals surface area contributed by atoms with Crippen LogP contribution < -0.4 is 5.32 Å². The minimum absolute atomic E-state index is 0.0397. The zero-order valence-corrected chi connectivity index (χ0v) is 18.3. The van der Waals surface area contributed by atoms with Crippen LogP contribution in [-0.4, -0.2) is 33.9 Å². The van der Waals surface area contributed by atoms with Gasteiger partial charge in [0.05, 0.1) is 11.3 Å². The first-order chi connectivity index (χ1) is 14.4. The highest BCUT2D eigenvalue weighted by molar-refractivity contribution is 6.07. The standard InChI is InChI=1S/C25H30N4O/c1-16(2)19-8-10-20(11-9-19)28-23-21-12-7-18(4)27-24(21)26-14-22(23)25(30)29-13-5-6-17(3)15-29/h7-12,14,16-17H,5-6,13,15H2,1-4H3,(H,26,27,28). The van der Waals surface area contributed by atoms with Crippen molar-refractivity contribution in [1.29, 1.82) is 0 Å². The molecule has 1 unspecified atom stereocenters. The van der Waals surface area contributed by atoms with Gasteiger partial charge in [0.15, 0.2) is 5.65 Å². The number of anilines is 2. The monoisotopic (exact) mass is 402 g/mol. The maximum Gasteiger partial charge on any atom is 0.257 e. The van der Waals surface area contributed by atoms with Crippen molar-refractivity contribution in [3.63, 3.8) is 0 Å². The molecule has 0 radical (unpaired) electrons. The Bertz CT molecular complexity index is 1060. The Hall–Kier alpha value is -2.95. The normalized spacial score (nSPS) is 16.8. The van der Waals surface area contributed by atoms with E-state index in [1.54, 1.807) is 6.20 Å². The van der Waals surface area contributed by atoms with Gasteiger partial charge in [0.1, 0.15) is 0 Å². The fourth-order valence-electron chi connectivity index (χ4n) is 4.11. The molecule has 3 heterocycles. The fraction of sp³-hybridized carbons (Fsp3) is 0.400. The molecule has 0 aliphatic carbocycles. The number of pyridine rings is 2. The lowest BCUT2D eigenvalue weighted by molar-refractivity contribution is 0.0684. The second-order valence-electron chi connectivity index (χ2n) is 8.77. The Morgan fingerprint density at radius 3 is 2.63 bits per heavy atom. The van der Waals surface area contributed by atoms with Crippen molar-refractivity contribution >= 4 is 28.3 Å². The minimum atomic E-state index is 0.0397. The molecule has 30 heavy (non-hydrogen) atoms. The predicted octanol–water partition coefficient (Wildman–Crippen LogP) is 5.68. The third-order valence-corrected chi connectivity index (χ3v) is 5.89. The molecule has 1 amide bonds. The van der Waals surface area contributed by atoms with Crippen LogP contribution in [0.1, 0.15) is 61.1 Å². The number of fused-ring (bicyclic) bond motifs is 1. The lowest BCUT2D eigenvalue weighted by Crippen LogP contribution is -2.39. The van der Waals surface area contributed by atoms with Crippen LogP contribution in [0, 0.1) is 12.8 Å². The van der Waals surface area contributed by atoms with E-state index in [1.807, 2.05) is 24.0 Å². The van der Waals surface area contributed by atoms with Gasteiger partial charge >= 0.3 is 0 Å². The zero-order chi connectivity index (χ0) is 21.3. The lowest BCUT2D eigenvalue weighted by atomic mass is 9.99. The summed E-state index contributed by atoms with van der Waals surface area (Å²) in [6.45, 7) is 10.1. The van der Waals surface area contributed by atoms with Crippen molar-refractivity contribution in [3.05, 3.63) is 59.4 Å². The van der Waals surface area contributed by atoms with Crippen LogP contribution in [-0.2, 0) is 0 Å². The molecule has 0 bridgehead atoms. The van der Waals surface area contributed by atoms with E-state index in [0.717, 1.165) is 42.0 Å². The summed E-state index contributed by atoms with van der Waals surface area (Å²) in [5, 5.41) is 4.37. The summed E-state index contributed by atoms with van der Waals surface area (Å²) in [4.78, 5) is 24.5. The molecular formula is C25H30N4O. The third-order valence-electron chi connectivity index (χ3n) is 5.89. The highest BCUT2D eigenvalue weighted by atomic mass is 16.2. The maximum absolute atomic E-state index is 13.4. The second-order valence-corrected chi connectivity index (χ2v) is 8.77. The number of amides is 1. The zero-order valence-electron chi connectivity index (χ0n) is 18.3. The molecule has 1 N–H and O–H groups in total. The summed E-state index contributed by atoms with van der Waals surface area (Å²) in [5.41, 5.74) is 5.19. The Kier molecular flexibility index (Phi) is 5.71. The third kappa shape index (κ3) is 4.16. The predicted molar refractivity (Wildman–Crippen MR) is 122 cm³/mol. The number of carbonyl (C=O) groups excluding carboxylic acids is 1. The van der Waals surface area contributed by atoms with Gasteiger partial charge in [-0.15, -0.1) is 0 Å². The van der Waals surface area contributed by atoms with E-state index >= 15 is 0 Å².